The number of carbonyl (C=O) groups is 2. The molecule has 0 radical (unpaired) electrons. The summed E-state index contributed by atoms with van der Waals surface area (Å²) in [5, 5.41) is -0.233. The van der Waals surface area contributed by atoms with Gasteiger partial charge < -0.3 is 9.47 Å². The number of hydrogen-bond donors (Lipinski definition) is 0. The third-order valence-electron chi connectivity index (χ3n) is 3.35. The van der Waals surface area contributed by atoms with Gasteiger partial charge in [-0.1, -0.05) is 19.8 Å². The summed E-state index contributed by atoms with van der Waals surface area (Å²) in [6.07, 6.45) is 6.97. The van der Waals surface area contributed by atoms with Crippen molar-refractivity contribution in [1.82, 2.24) is 4.90 Å². The first-order chi connectivity index (χ1) is 12.4. The van der Waals surface area contributed by atoms with E-state index in [0.717, 1.165) is 20.9 Å². The minimum atomic E-state index is -0.255. The Morgan fingerprint density at radius 1 is 1.35 bits per heavy atom. The molecule has 7 heteroatoms. The fraction of sp³-hybridized carbons (Fsp3) is 0.368. The number of thioether (sulfide) groups is 1. The van der Waals surface area contributed by atoms with Crippen molar-refractivity contribution in [3.63, 3.8) is 0 Å². The third-order valence-corrected chi connectivity index (χ3v) is 5.06. The summed E-state index contributed by atoms with van der Waals surface area (Å²) in [6, 6.07) is 3.65. The van der Waals surface area contributed by atoms with Crippen molar-refractivity contribution >= 4 is 51.6 Å². The average molecular weight is 485 g/mol. The van der Waals surface area contributed by atoms with E-state index < -0.39 is 0 Å². The van der Waals surface area contributed by atoms with E-state index in [1.165, 1.54) is 4.90 Å². The largest absolute Gasteiger partial charge is 0.490 e. The summed E-state index contributed by atoms with van der Waals surface area (Å²) in [5.41, 5.74) is 0.765. The molecule has 1 aliphatic heterocycles. The quantitative estimate of drug-likeness (QED) is 0.326. The molecule has 1 fully saturated rings. The highest BCUT2D eigenvalue weighted by Gasteiger charge is 2.35. The summed E-state index contributed by atoms with van der Waals surface area (Å²) < 4.78 is 12.0. The van der Waals surface area contributed by atoms with E-state index in [9.17, 15) is 9.59 Å². The Morgan fingerprint density at radius 3 is 2.69 bits per heavy atom. The van der Waals surface area contributed by atoms with Crippen molar-refractivity contribution in [2.24, 2.45) is 5.92 Å². The Balaban J connectivity index is 2.34. The summed E-state index contributed by atoms with van der Waals surface area (Å²) in [6.45, 7) is 6.85. The number of rotatable bonds is 7. The van der Waals surface area contributed by atoms with Crippen LogP contribution >= 0.6 is 34.4 Å². The maximum absolute atomic E-state index is 12.5. The van der Waals surface area contributed by atoms with Crippen molar-refractivity contribution in [1.29, 1.82) is 0 Å². The van der Waals surface area contributed by atoms with Gasteiger partial charge in [-0.3, -0.25) is 14.5 Å². The van der Waals surface area contributed by atoms with Crippen molar-refractivity contribution in [2.45, 2.75) is 20.8 Å². The lowest BCUT2D eigenvalue weighted by Gasteiger charge is -2.14. The zero-order chi connectivity index (χ0) is 19.3. The van der Waals surface area contributed by atoms with E-state index in [2.05, 4.69) is 28.5 Å². The molecule has 2 rings (SSSR count). The molecule has 138 valence electrons. The van der Waals surface area contributed by atoms with Crippen LogP contribution in [0.3, 0.4) is 0 Å². The molecule has 1 aromatic rings. The normalized spacial score (nSPS) is 15.7. The Labute approximate surface area is 171 Å². The van der Waals surface area contributed by atoms with Crippen LogP contribution in [0.15, 0.2) is 17.0 Å². The van der Waals surface area contributed by atoms with Gasteiger partial charge in [0.05, 0.1) is 15.1 Å². The van der Waals surface area contributed by atoms with Crippen LogP contribution in [0.2, 0.25) is 0 Å². The minimum Gasteiger partial charge on any atom is -0.490 e. The maximum Gasteiger partial charge on any atom is 0.293 e. The molecule has 0 spiro atoms. The van der Waals surface area contributed by atoms with E-state index >= 15 is 0 Å². The highest BCUT2D eigenvalue weighted by atomic mass is 127. The molecule has 2 amide bonds. The van der Waals surface area contributed by atoms with E-state index in [4.69, 9.17) is 15.9 Å². The van der Waals surface area contributed by atoms with E-state index in [0.29, 0.717) is 29.6 Å². The second-order valence-electron chi connectivity index (χ2n) is 5.94. The van der Waals surface area contributed by atoms with Crippen molar-refractivity contribution in [3.05, 3.63) is 26.2 Å². The molecule has 0 N–H and O–H groups in total. The summed E-state index contributed by atoms with van der Waals surface area (Å²) in [4.78, 5) is 26.3. The first-order valence-electron chi connectivity index (χ1n) is 8.15. The average Bonchev–Trinajstić information content (AvgIpc) is 2.81. The zero-order valence-corrected chi connectivity index (χ0v) is 17.8. The minimum absolute atomic E-state index is 0.142. The smallest absolute Gasteiger partial charge is 0.293 e. The molecule has 1 aromatic carbocycles. The Morgan fingerprint density at radius 2 is 2.08 bits per heavy atom. The van der Waals surface area contributed by atoms with E-state index in [1.807, 2.05) is 26.8 Å². The molecule has 1 heterocycles. The highest BCUT2D eigenvalue weighted by molar-refractivity contribution is 14.1. The van der Waals surface area contributed by atoms with Crippen LogP contribution in [0.4, 0.5) is 4.79 Å². The van der Waals surface area contributed by atoms with E-state index in [1.54, 1.807) is 12.1 Å². The molecule has 0 aromatic heterocycles. The second kappa shape index (κ2) is 9.33. The monoisotopic (exact) mass is 485 g/mol. The molecule has 0 saturated carbocycles. The Kier molecular flexibility index (Phi) is 7.41. The fourth-order valence-electron chi connectivity index (χ4n) is 2.36. The molecule has 0 unspecified atom stereocenters. The standard InChI is InChI=1S/C19H20INO4S/c1-5-7-25-17-14(20)8-13(9-15(17)24-6-2)10-16-18(22)21(11-12(3)4)19(23)26-16/h1,8-10,12H,6-7,11H2,2-4H3. The van der Waals surface area contributed by atoms with Crippen molar-refractivity contribution in [2.75, 3.05) is 19.8 Å². The van der Waals surface area contributed by atoms with Gasteiger partial charge in [0.15, 0.2) is 11.5 Å². The maximum atomic E-state index is 12.5. The lowest BCUT2D eigenvalue weighted by atomic mass is 10.1. The van der Waals surface area contributed by atoms with Gasteiger partial charge in [-0.2, -0.15) is 0 Å². The fourth-order valence-corrected chi connectivity index (χ4v) is 3.99. The van der Waals surface area contributed by atoms with Crippen LogP contribution in [0.25, 0.3) is 6.08 Å². The van der Waals surface area contributed by atoms with Crippen LogP contribution in [-0.2, 0) is 4.79 Å². The third kappa shape index (κ3) is 4.95. The predicted molar refractivity (Wildman–Crippen MR) is 112 cm³/mol. The lowest BCUT2D eigenvalue weighted by Crippen LogP contribution is -2.31. The van der Waals surface area contributed by atoms with Gasteiger partial charge in [-0.15, -0.1) is 6.42 Å². The van der Waals surface area contributed by atoms with Gasteiger partial charge in [-0.05, 0) is 71.0 Å². The topological polar surface area (TPSA) is 55.8 Å². The highest BCUT2D eigenvalue weighted by Crippen LogP contribution is 2.37. The number of terminal acetylenes is 1. The van der Waals surface area contributed by atoms with Gasteiger partial charge >= 0.3 is 0 Å². The Bertz CT molecular complexity index is 782. The molecule has 0 aliphatic carbocycles. The number of ether oxygens (including phenoxy) is 2. The first-order valence-corrected chi connectivity index (χ1v) is 10.0. The number of benzene rings is 1. The predicted octanol–water partition coefficient (Wildman–Crippen LogP) is 4.39. The molecule has 26 heavy (non-hydrogen) atoms. The molecular formula is C19H20INO4S. The van der Waals surface area contributed by atoms with Gasteiger partial charge in [0.25, 0.3) is 11.1 Å². The molecule has 1 aliphatic rings. The van der Waals surface area contributed by atoms with Crippen LogP contribution < -0.4 is 9.47 Å². The molecule has 1 saturated heterocycles. The number of hydrogen-bond acceptors (Lipinski definition) is 5. The second-order valence-corrected chi connectivity index (χ2v) is 8.10. The van der Waals surface area contributed by atoms with E-state index in [-0.39, 0.29) is 23.7 Å². The lowest BCUT2D eigenvalue weighted by molar-refractivity contribution is -0.123. The van der Waals surface area contributed by atoms with Gasteiger partial charge in [-0.25, -0.2) is 0 Å². The number of halogens is 1. The number of carbonyl (C=O) groups excluding carboxylic acids is 2. The molecular weight excluding hydrogens is 465 g/mol. The van der Waals surface area contributed by atoms with Crippen molar-refractivity contribution < 1.29 is 19.1 Å². The number of nitrogens with zero attached hydrogens (tertiary/aromatic N) is 1. The summed E-state index contributed by atoms with van der Waals surface area (Å²) >= 11 is 3.09. The molecule has 5 nitrogen and oxygen atoms in total. The SMILES string of the molecule is C#CCOc1c(I)cc(C=C2SC(=O)N(CC(C)C)C2=O)cc1OCC. The van der Waals surface area contributed by atoms with Crippen molar-refractivity contribution in [3.8, 4) is 23.8 Å². The van der Waals surface area contributed by atoms with Crippen LogP contribution in [-0.4, -0.2) is 35.8 Å². The van der Waals surface area contributed by atoms with Gasteiger partial charge in [0.1, 0.15) is 6.61 Å². The van der Waals surface area contributed by atoms with Crippen LogP contribution in [0.5, 0.6) is 11.5 Å². The summed E-state index contributed by atoms with van der Waals surface area (Å²) in [7, 11) is 0. The summed E-state index contributed by atoms with van der Waals surface area (Å²) in [5.74, 6) is 3.54. The molecule has 0 atom stereocenters. The number of imide groups is 1. The number of amides is 2. The van der Waals surface area contributed by atoms with Crippen LogP contribution in [0.1, 0.15) is 26.3 Å². The van der Waals surface area contributed by atoms with Crippen LogP contribution in [0, 0.1) is 21.8 Å². The first kappa shape index (κ1) is 20.6. The molecule has 0 bridgehead atoms. The Hall–Kier alpha value is -1.66. The van der Waals surface area contributed by atoms with Gasteiger partial charge in [0, 0.05) is 6.54 Å². The van der Waals surface area contributed by atoms with Gasteiger partial charge in [0.2, 0.25) is 0 Å². The zero-order valence-electron chi connectivity index (χ0n) is 14.9.